The van der Waals surface area contributed by atoms with E-state index < -0.39 is 12.0 Å². The van der Waals surface area contributed by atoms with E-state index in [2.05, 4.69) is 43.0 Å². The number of fused-ring (bicyclic) bond motifs is 5. The van der Waals surface area contributed by atoms with Crippen molar-refractivity contribution in [2.75, 3.05) is 69.3 Å². The van der Waals surface area contributed by atoms with Crippen LogP contribution in [-0.4, -0.2) is 108 Å². The number of methoxy groups -OCH3 is 1. The van der Waals surface area contributed by atoms with Crippen molar-refractivity contribution < 1.29 is 23.0 Å². The molecule has 7 rings (SSSR count). The van der Waals surface area contributed by atoms with Gasteiger partial charge in [-0.2, -0.15) is 5.10 Å². The number of rotatable bonds is 6. The van der Waals surface area contributed by atoms with Crippen molar-refractivity contribution in [3.8, 4) is 0 Å². The van der Waals surface area contributed by atoms with Crippen molar-refractivity contribution in [3.63, 3.8) is 0 Å². The molecular weight excluding hydrogens is 568 g/mol. The molecule has 44 heavy (non-hydrogen) atoms. The van der Waals surface area contributed by atoms with Crippen molar-refractivity contribution in [1.29, 1.82) is 0 Å². The Morgan fingerprint density at radius 3 is 2.66 bits per heavy atom. The summed E-state index contributed by atoms with van der Waals surface area (Å²) in [5.41, 5.74) is 2.94. The number of piperazine rings is 1. The third kappa shape index (κ3) is 4.91. The molecule has 5 aliphatic heterocycles. The lowest BCUT2D eigenvalue weighted by Crippen LogP contribution is -2.69. The number of piperidine rings is 1. The van der Waals surface area contributed by atoms with Crippen molar-refractivity contribution in [1.82, 2.24) is 24.6 Å². The Kier molecular flexibility index (Phi) is 7.70. The van der Waals surface area contributed by atoms with Gasteiger partial charge < -0.3 is 24.2 Å². The topological polar surface area (TPSA) is 79.2 Å². The number of aromatic nitrogens is 3. The van der Waals surface area contributed by atoms with E-state index in [-0.39, 0.29) is 23.7 Å². The maximum atomic E-state index is 14.5. The standard InChI is InChI=1S/C32H41F2N7O3/c1-4-28(42)39-14-12-37(13-15-39)26-19-40-24(26)7-5-6-23-25(40)16-27(36-29(23)31(33)34)38-10-8-32(9-11-38)30-21(2)17-35-41(30)18-22(44-32)20-43-3/h4-6,16-17,22,24,26,31H,1,7-15,18-20H2,2-3H3. The number of anilines is 2. The predicted molar refractivity (Wildman–Crippen MR) is 163 cm³/mol. The average Bonchev–Trinajstić information content (AvgIpc) is 3.33. The Hall–Kier alpha value is -3.35. The first-order valence-corrected chi connectivity index (χ1v) is 15.7. The lowest BCUT2D eigenvalue weighted by Gasteiger charge is -2.55. The van der Waals surface area contributed by atoms with Crippen LogP contribution in [0.1, 0.15) is 48.2 Å². The molecule has 12 heteroatoms. The second-order valence-corrected chi connectivity index (χ2v) is 12.6. The highest BCUT2D eigenvalue weighted by Crippen LogP contribution is 2.45. The molecule has 0 aliphatic carbocycles. The highest BCUT2D eigenvalue weighted by Gasteiger charge is 2.47. The van der Waals surface area contributed by atoms with Gasteiger partial charge in [0, 0.05) is 76.6 Å². The molecule has 0 bridgehead atoms. The van der Waals surface area contributed by atoms with Crippen LogP contribution in [0.2, 0.25) is 0 Å². The van der Waals surface area contributed by atoms with E-state index in [4.69, 9.17) is 9.47 Å². The molecule has 3 atom stereocenters. The van der Waals surface area contributed by atoms with E-state index in [1.807, 2.05) is 29.3 Å². The second kappa shape index (κ2) is 11.5. The SMILES string of the molecule is C=CC(=O)N1CCN(C2CN3c4cc(N5CCC6(CC5)OC(COC)Cn5ncc(C)c56)nc(C(F)F)c4C=CCC23)CC1. The predicted octanol–water partition coefficient (Wildman–Crippen LogP) is 3.37. The Balaban J connectivity index is 1.11. The molecule has 2 aromatic heterocycles. The van der Waals surface area contributed by atoms with Gasteiger partial charge in [0.05, 0.1) is 30.7 Å². The van der Waals surface area contributed by atoms with Crippen LogP contribution in [0.25, 0.3) is 6.08 Å². The zero-order valence-corrected chi connectivity index (χ0v) is 25.5. The summed E-state index contributed by atoms with van der Waals surface area (Å²) < 4.78 is 43.2. The summed E-state index contributed by atoms with van der Waals surface area (Å²) in [6.07, 6.45) is 6.55. The molecule has 10 nitrogen and oxygen atoms in total. The Bertz CT molecular complexity index is 1450. The van der Waals surface area contributed by atoms with Crippen molar-refractivity contribution >= 4 is 23.5 Å². The first kappa shape index (κ1) is 29.4. The number of alkyl halides is 2. The Labute approximate surface area is 256 Å². The van der Waals surface area contributed by atoms with Crippen LogP contribution in [0.3, 0.4) is 0 Å². The highest BCUT2D eigenvalue weighted by atomic mass is 19.3. The number of hydrogen-bond acceptors (Lipinski definition) is 8. The van der Waals surface area contributed by atoms with Crippen LogP contribution in [0.5, 0.6) is 0 Å². The third-order valence-corrected chi connectivity index (χ3v) is 10.2. The van der Waals surface area contributed by atoms with E-state index in [1.54, 1.807) is 7.11 Å². The summed E-state index contributed by atoms with van der Waals surface area (Å²) >= 11 is 0. The van der Waals surface area contributed by atoms with Crippen LogP contribution in [0.15, 0.2) is 31.0 Å². The normalized spacial score (nSPS) is 26.2. The fourth-order valence-corrected chi connectivity index (χ4v) is 8.00. The molecule has 0 saturated carbocycles. The lowest BCUT2D eigenvalue weighted by atomic mass is 9.84. The van der Waals surface area contributed by atoms with Crippen molar-refractivity contribution in [2.24, 2.45) is 0 Å². The third-order valence-electron chi connectivity index (χ3n) is 10.2. The summed E-state index contributed by atoms with van der Waals surface area (Å²) in [6.45, 7) is 11.8. The second-order valence-electron chi connectivity index (χ2n) is 12.6. The first-order chi connectivity index (χ1) is 21.3. The van der Waals surface area contributed by atoms with Gasteiger partial charge in [-0.15, -0.1) is 0 Å². The molecule has 236 valence electrons. The Morgan fingerprint density at radius 1 is 1.18 bits per heavy atom. The number of nitrogens with zero attached hydrogens (tertiary/aromatic N) is 7. The van der Waals surface area contributed by atoms with Gasteiger partial charge >= 0.3 is 0 Å². The number of amides is 1. The smallest absolute Gasteiger partial charge is 0.281 e. The van der Waals surface area contributed by atoms with Gasteiger partial charge in [0.25, 0.3) is 6.43 Å². The molecule has 3 fully saturated rings. The van der Waals surface area contributed by atoms with Gasteiger partial charge in [-0.25, -0.2) is 13.8 Å². The molecule has 0 radical (unpaired) electrons. The van der Waals surface area contributed by atoms with Crippen LogP contribution < -0.4 is 9.80 Å². The van der Waals surface area contributed by atoms with Gasteiger partial charge in [0.15, 0.2) is 0 Å². The molecule has 2 aromatic rings. The molecule has 7 heterocycles. The van der Waals surface area contributed by atoms with Gasteiger partial charge in [-0.1, -0.05) is 18.7 Å². The zero-order chi connectivity index (χ0) is 30.6. The molecule has 3 saturated heterocycles. The van der Waals surface area contributed by atoms with Gasteiger partial charge in [-0.3, -0.25) is 14.4 Å². The molecule has 0 aromatic carbocycles. The molecule has 1 spiro atoms. The highest BCUT2D eigenvalue weighted by molar-refractivity contribution is 5.87. The fourth-order valence-electron chi connectivity index (χ4n) is 8.00. The quantitative estimate of drug-likeness (QED) is 0.462. The van der Waals surface area contributed by atoms with E-state index >= 15 is 0 Å². The molecule has 1 amide bonds. The maximum absolute atomic E-state index is 14.5. The minimum Gasteiger partial charge on any atom is -0.382 e. The van der Waals surface area contributed by atoms with Crippen molar-refractivity contribution in [2.45, 2.75) is 62.9 Å². The van der Waals surface area contributed by atoms with Gasteiger partial charge in [-0.05, 0) is 37.8 Å². The molecule has 3 unspecified atom stereocenters. The van der Waals surface area contributed by atoms with E-state index in [0.717, 1.165) is 43.0 Å². The minimum absolute atomic E-state index is 0.0278. The number of hydrogen-bond donors (Lipinski definition) is 0. The van der Waals surface area contributed by atoms with Crippen molar-refractivity contribution in [3.05, 3.63) is 53.5 Å². The summed E-state index contributed by atoms with van der Waals surface area (Å²) in [6, 6.07) is 2.52. The van der Waals surface area contributed by atoms with E-state index in [0.29, 0.717) is 69.6 Å². The van der Waals surface area contributed by atoms with E-state index in [9.17, 15) is 13.6 Å². The van der Waals surface area contributed by atoms with Crippen LogP contribution >= 0.6 is 0 Å². The minimum atomic E-state index is -2.68. The van der Waals surface area contributed by atoms with Gasteiger partial charge in [0.1, 0.15) is 23.2 Å². The Morgan fingerprint density at radius 2 is 1.95 bits per heavy atom. The maximum Gasteiger partial charge on any atom is 0.281 e. The summed E-state index contributed by atoms with van der Waals surface area (Å²) in [5.74, 6) is 0.567. The number of halogens is 2. The largest absolute Gasteiger partial charge is 0.382 e. The number of aryl methyl sites for hydroxylation is 1. The number of carbonyl (C=O) groups excluding carboxylic acids is 1. The van der Waals surface area contributed by atoms with Crippen LogP contribution in [0, 0.1) is 6.92 Å². The zero-order valence-electron chi connectivity index (χ0n) is 25.5. The lowest BCUT2D eigenvalue weighted by molar-refractivity contribution is -0.159. The number of ether oxygens (including phenoxy) is 2. The van der Waals surface area contributed by atoms with Crippen LogP contribution in [-0.2, 0) is 26.4 Å². The molecular formula is C32H41F2N7O3. The average molecular weight is 610 g/mol. The molecule has 5 aliphatic rings. The van der Waals surface area contributed by atoms with Gasteiger partial charge in [0.2, 0.25) is 5.91 Å². The fraction of sp³-hybridized carbons (Fsp3) is 0.594. The first-order valence-electron chi connectivity index (χ1n) is 15.7. The molecule has 0 N–H and O–H groups in total. The monoisotopic (exact) mass is 609 g/mol. The number of pyridine rings is 1. The summed E-state index contributed by atoms with van der Waals surface area (Å²) in [4.78, 5) is 25.3. The number of carbonyl (C=O) groups is 1. The summed E-state index contributed by atoms with van der Waals surface area (Å²) in [5, 5.41) is 4.62. The van der Waals surface area contributed by atoms with Crippen LogP contribution in [0.4, 0.5) is 20.3 Å². The summed E-state index contributed by atoms with van der Waals surface area (Å²) in [7, 11) is 1.68. The van der Waals surface area contributed by atoms with E-state index in [1.165, 1.54) is 6.08 Å².